The van der Waals surface area contributed by atoms with Crippen molar-refractivity contribution in [1.29, 1.82) is 0 Å². The molecule has 2 amide bonds. The summed E-state index contributed by atoms with van der Waals surface area (Å²) in [7, 11) is 0. The summed E-state index contributed by atoms with van der Waals surface area (Å²) in [6.45, 7) is 3.64. The lowest BCUT2D eigenvalue weighted by Gasteiger charge is -2.24. The molecule has 1 aromatic carbocycles. The molecule has 0 unspecified atom stereocenters. The van der Waals surface area contributed by atoms with Crippen LogP contribution in [0.5, 0.6) is 0 Å². The fourth-order valence-electron chi connectivity index (χ4n) is 2.56. The molecule has 0 radical (unpaired) electrons. The Kier molecular flexibility index (Phi) is 4.64. The van der Waals surface area contributed by atoms with Crippen molar-refractivity contribution >= 4 is 29.0 Å². The zero-order valence-electron chi connectivity index (χ0n) is 12.5. The van der Waals surface area contributed by atoms with E-state index in [1.54, 1.807) is 0 Å². The number of carbonyl (C=O) groups excluding carboxylic acids is 1. The molecule has 3 rings (SSSR count). The lowest BCUT2D eigenvalue weighted by atomic mass is 10.1. The quantitative estimate of drug-likeness (QED) is 0.776. The summed E-state index contributed by atoms with van der Waals surface area (Å²) in [6, 6.07) is 7.40. The summed E-state index contributed by atoms with van der Waals surface area (Å²) in [5.41, 5.74) is 0.957. The number of hydrogen-bond acceptors (Lipinski definition) is 2. The number of piperidine rings is 1. The SMILES string of the molecule is Cc1cn(-c2ccc(Cl)cc2)c(=NC(=O)N2CCCCC2)s1. The van der Waals surface area contributed by atoms with Crippen LogP contribution in [0.25, 0.3) is 5.69 Å². The van der Waals surface area contributed by atoms with Crippen LogP contribution >= 0.6 is 22.9 Å². The monoisotopic (exact) mass is 335 g/mol. The summed E-state index contributed by atoms with van der Waals surface area (Å²) < 4.78 is 1.94. The van der Waals surface area contributed by atoms with Gasteiger partial charge in [0.2, 0.25) is 0 Å². The van der Waals surface area contributed by atoms with Crippen LogP contribution in [0.1, 0.15) is 24.1 Å². The number of likely N-dealkylation sites (tertiary alicyclic amines) is 1. The number of carbonyl (C=O) groups is 1. The molecule has 4 nitrogen and oxygen atoms in total. The van der Waals surface area contributed by atoms with E-state index in [4.69, 9.17) is 11.6 Å². The summed E-state index contributed by atoms with van der Waals surface area (Å²) in [6.07, 6.45) is 5.34. The molecular formula is C16H18ClN3OS. The first-order valence-electron chi connectivity index (χ1n) is 7.42. The molecule has 1 fully saturated rings. The first kappa shape index (κ1) is 15.3. The molecule has 0 atom stereocenters. The van der Waals surface area contributed by atoms with Gasteiger partial charge in [-0.05, 0) is 50.5 Å². The Labute approximate surface area is 138 Å². The number of thiazole rings is 1. The van der Waals surface area contributed by atoms with Gasteiger partial charge in [0.1, 0.15) is 0 Å². The maximum atomic E-state index is 12.3. The number of aryl methyl sites for hydroxylation is 1. The zero-order valence-corrected chi connectivity index (χ0v) is 14.0. The molecule has 0 bridgehead atoms. The van der Waals surface area contributed by atoms with Gasteiger partial charge in [-0.2, -0.15) is 4.99 Å². The van der Waals surface area contributed by atoms with Crippen molar-refractivity contribution in [1.82, 2.24) is 9.47 Å². The number of urea groups is 1. The van der Waals surface area contributed by atoms with E-state index in [1.807, 2.05) is 46.9 Å². The molecule has 116 valence electrons. The van der Waals surface area contributed by atoms with Gasteiger partial charge in [0.25, 0.3) is 0 Å². The number of rotatable bonds is 1. The van der Waals surface area contributed by atoms with E-state index >= 15 is 0 Å². The van der Waals surface area contributed by atoms with Crippen LogP contribution in [0, 0.1) is 6.92 Å². The van der Waals surface area contributed by atoms with E-state index in [9.17, 15) is 4.79 Å². The minimum atomic E-state index is -0.135. The topological polar surface area (TPSA) is 37.6 Å². The van der Waals surface area contributed by atoms with E-state index in [1.165, 1.54) is 17.8 Å². The van der Waals surface area contributed by atoms with Crippen molar-refractivity contribution in [3.63, 3.8) is 0 Å². The van der Waals surface area contributed by atoms with Crippen LogP contribution in [-0.4, -0.2) is 28.6 Å². The van der Waals surface area contributed by atoms with Crippen LogP contribution in [0.15, 0.2) is 35.5 Å². The predicted molar refractivity (Wildman–Crippen MR) is 89.8 cm³/mol. The van der Waals surface area contributed by atoms with Crippen LogP contribution in [0.4, 0.5) is 4.79 Å². The molecule has 22 heavy (non-hydrogen) atoms. The Bertz CT molecular complexity index is 727. The lowest BCUT2D eigenvalue weighted by molar-refractivity contribution is 0.195. The van der Waals surface area contributed by atoms with Crippen LogP contribution in [-0.2, 0) is 0 Å². The van der Waals surface area contributed by atoms with Gasteiger partial charge in [0.15, 0.2) is 4.80 Å². The molecule has 0 N–H and O–H groups in total. The number of amides is 2. The van der Waals surface area contributed by atoms with E-state index in [0.717, 1.165) is 36.5 Å². The second kappa shape index (κ2) is 6.67. The molecule has 6 heteroatoms. The normalized spacial score (nSPS) is 16.1. The fourth-order valence-corrected chi connectivity index (χ4v) is 3.51. The van der Waals surface area contributed by atoms with Gasteiger partial charge < -0.3 is 4.90 Å². The van der Waals surface area contributed by atoms with Crippen molar-refractivity contribution in [3.8, 4) is 5.69 Å². The maximum absolute atomic E-state index is 12.3. The molecule has 1 saturated heterocycles. The van der Waals surface area contributed by atoms with Crippen molar-refractivity contribution in [2.24, 2.45) is 4.99 Å². The zero-order chi connectivity index (χ0) is 15.5. The Balaban J connectivity index is 1.95. The predicted octanol–water partition coefficient (Wildman–Crippen LogP) is 4.01. The Morgan fingerprint density at radius 1 is 1.18 bits per heavy atom. The number of benzene rings is 1. The number of aromatic nitrogens is 1. The first-order valence-corrected chi connectivity index (χ1v) is 8.61. The second-order valence-electron chi connectivity index (χ2n) is 5.41. The first-order chi connectivity index (χ1) is 10.6. The van der Waals surface area contributed by atoms with Gasteiger partial charge in [-0.15, -0.1) is 11.3 Å². The van der Waals surface area contributed by atoms with Gasteiger partial charge in [-0.3, -0.25) is 4.57 Å². The number of hydrogen-bond donors (Lipinski definition) is 0. The maximum Gasteiger partial charge on any atom is 0.346 e. The van der Waals surface area contributed by atoms with Gasteiger partial charge in [-0.1, -0.05) is 11.6 Å². The summed E-state index contributed by atoms with van der Waals surface area (Å²) in [4.78, 5) is 20.3. The highest BCUT2D eigenvalue weighted by molar-refractivity contribution is 7.09. The second-order valence-corrected chi connectivity index (χ2v) is 7.06. The van der Waals surface area contributed by atoms with E-state index < -0.39 is 0 Å². The Morgan fingerprint density at radius 2 is 1.86 bits per heavy atom. The third-order valence-corrected chi connectivity index (χ3v) is 4.84. The molecule has 1 aliphatic heterocycles. The van der Waals surface area contributed by atoms with Crippen LogP contribution in [0.2, 0.25) is 5.02 Å². The molecule has 0 aliphatic carbocycles. The van der Waals surface area contributed by atoms with Crippen molar-refractivity contribution in [2.75, 3.05) is 13.1 Å². The molecule has 2 heterocycles. The van der Waals surface area contributed by atoms with Crippen LogP contribution in [0.3, 0.4) is 0 Å². The van der Waals surface area contributed by atoms with Gasteiger partial charge >= 0.3 is 6.03 Å². The van der Waals surface area contributed by atoms with E-state index in [0.29, 0.717) is 9.82 Å². The van der Waals surface area contributed by atoms with Crippen LogP contribution < -0.4 is 4.80 Å². The minimum absolute atomic E-state index is 0.135. The summed E-state index contributed by atoms with van der Waals surface area (Å²) >= 11 is 7.46. The molecule has 1 aromatic heterocycles. The van der Waals surface area contributed by atoms with Crippen molar-refractivity contribution in [2.45, 2.75) is 26.2 Å². The molecule has 0 saturated carbocycles. The highest BCUT2D eigenvalue weighted by atomic mass is 35.5. The largest absolute Gasteiger partial charge is 0.346 e. The average Bonchev–Trinajstić information content (AvgIpc) is 2.89. The third kappa shape index (κ3) is 3.42. The van der Waals surface area contributed by atoms with Gasteiger partial charge in [0.05, 0.1) is 0 Å². The standard InChI is InChI=1S/C16H18ClN3OS/c1-12-11-20(14-7-5-13(17)6-8-14)16(22-12)18-15(21)19-9-3-2-4-10-19/h5-8,11H,2-4,9-10H2,1H3. The average molecular weight is 336 g/mol. The van der Waals surface area contributed by atoms with Crippen molar-refractivity contribution < 1.29 is 4.79 Å². The molecule has 2 aromatic rings. The molecule has 0 spiro atoms. The fraction of sp³-hybridized carbons (Fsp3) is 0.375. The summed E-state index contributed by atoms with van der Waals surface area (Å²) in [5.74, 6) is 0. The van der Waals surface area contributed by atoms with E-state index in [-0.39, 0.29) is 6.03 Å². The molecular weight excluding hydrogens is 318 g/mol. The number of halogens is 1. The lowest BCUT2D eigenvalue weighted by Crippen LogP contribution is -2.34. The number of nitrogens with zero attached hydrogens (tertiary/aromatic N) is 3. The van der Waals surface area contributed by atoms with Gasteiger partial charge in [-0.25, -0.2) is 4.79 Å². The van der Waals surface area contributed by atoms with Crippen molar-refractivity contribution in [3.05, 3.63) is 45.2 Å². The third-order valence-electron chi connectivity index (χ3n) is 3.69. The highest BCUT2D eigenvalue weighted by Crippen LogP contribution is 2.15. The summed E-state index contributed by atoms with van der Waals surface area (Å²) in [5, 5.41) is 0.694. The highest BCUT2D eigenvalue weighted by Gasteiger charge is 2.16. The Hall–Kier alpha value is -1.59. The smallest absolute Gasteiger partial charge is 0.323 e. The molecule has 1 aliphatic rings. The minimum Gasteiger partial charge on any atom is -0.323 e. The van der Waals surface area contributed by atoms with E-state index in [2.05, 4.69) is 4.99 Å². The van der Waals surface area contributed by atoms with Gasteiger partial charge in [0, 0.05) is 34.9 Å². The Morgan fingerprint density at radius 3 is 2.55 bits per heavy atom.